The number of halogens is 1. The monoisotopic (exact) mass is 245 g/mol. The van der Waals surface area contributed by atoms with E-state index >= 15 is 0 Å². The van der Waals surface area contributed by atoms with Crippen molar-refractivity contribution in [2.75, 3.05) is 0 Å². The molecule has 4 heteroatoms. The van der Waals surface area contributed by atoms with Gasteiger partial charge in [-0.2, -0.15) is 0 Å². The second kappa shape index (κ2) is 4.09. The molecule has 0 radical (unpaired) electrons. The third kappa shape index (κ3) is 2.43. The summed E-state index contributed by atoms with van der Waals surface area (Å²) in [6.07, 6.45) is -0.697. The fraction of sp³-hybridized carbons (Fsp3) is 0.333. The molecule has 0 spiro atoms. The summed E-state index contributed by atoms with van der Waals surface area (Å²) in [7, 11) is 0. The summed E-state index contributed by atoms with van der Waals surface area (Å²) < 4.78 is 0.560. The van der Waals surface area contributed by atoms with Crippen LogP contribution in [0.4, 0.5) is 0 Å². The summed E-state index contributed by atoms with van der Waals surface area (Å²) >= 11 is 3.16. The Balaban J connectivity index is 2.97. The average molecular weight is 246 g/mol. The van der Waals surface area contributed by atoms with Crippen molar-refractivity contribution in [3.8, 4) is 5.75 Å². The Morgan fingerprint density at radius 2 is 2.08 bits per heavy atom. The molecule has 0 amide bonds. The highest BCUT2D eigenvalue weighted by atomic mass is 79.9. The van der Waals surface area contributed by atoms with E-state index in [1.165, 1.54) is 6.07 Å². The Kier molecular flexibility index (Phi) is 3.30. The van der Waals surface area contributed by atoms with Gasteiger partial charge in [0.1, 0.15) is 5.75 Å². The molecule has 1 aromatic carbocycles. The van der Waals surface area contributed by atoms with Crippen LogP contribution in [0, 0.1) is 0 Å². The van der Waals surface area contributed by atoms with Crippen LogP contribution < -0.4 is 5.73 Å². The minimum atomic E-state index is -0.697. The zero-order valence-electron chi connectivity index (χ0n) is 7.24. The normalized spacial score (nSPS) is 15.4. The molecule has 0 bridgehead atoms. The average Bonchev–Trinajstić information content (AvgIpc) is 2.08. The lowest BCUT2D eigenvalue weighted by Crippen LogP contribution is -2.24. The molecule has 0 aromatic heterocycles. The van der Waals surface area contributed by atoms with Gasteiger partial charge in [-0.3, -0.25) is 0 Å². The lowest BCUT2D eigenvalue weighted by Gasteiger charge is -2.15. The predicted octanol–water partition coefficient (Wildman–Crippen LogP) is 1.54. The Hall–Kier alpha value is -0.580. The number of aromatic hydroxyl groups is 1. The SMILES string of the molecule is CC(N)C(O)c1ccc(O)c(Br)c1. The van der Waals surface area contributed by atoms with E-state index in [9.17, 15) is 10.2 Å². The standard InChI is InChI=1S/C9H12BrNO2/c1-5(11)9(13)6-2-3-8(12)7(10)4-6/h2-5,9,12-13H,11H2,1H3. The molecule has 0 saturated carbocycles. The minimum Gasteiger partial charge on any atom is -0.507 e. The summed E-state index contributed by atoms with van der Waals surface area (Å²) in [4.78, 5) is 0. The van der Waals surface area contributed by atoms with E-state index in [0.717, 1.165) is 0 Å². The largest absolute Gasteiger partial charge is 0.507 e. The lowest BCUT2D eigenvalue weighted by molar-refractivity contribution is 0.153. The van der Waals surface area contributed by atoms with Gasteiger partial charge in [-0.05, 0) is 40.5 Å². The summed E-state index contributed by atoms with van der Waals surface area (Å²) in [5.74, 6) is 0.153. The van der Waals surface area contributed by atoms with E-state index in [0.29, 0.717) is 10.0 Å². The van der Waals surface area contributed by atoms with Crippen LogP contribution in [0.3, 0.4) is 0 Å². The van der Waals surface area contributed by atoms with Crippen LogP contribution in [-0.2, 0) is 0 Å². The summed E-state index contributed by atoms with van der Waals surface area (Å²) in [6.45, 7) is 1.73. The maximum atomic E-state index is 9.59. The van der Waals surface area contributed by atoms with Gasteiger partial charge in [0.05, 0.1) is 10.6 Å². The van der Waals surface area contributed by atoms with E-state index in [1.54, 1.807) is 19.1 Å². The van der Waals surface area contributed by atoms with Gasteiger partial charge in [0.15, 0.2) is 0 Å². The van der Waals surface area contributed by atoms with Gasteiger partial charge in [-0.25, -0.2) is 0 Å². The van der Waals surface area contributed by atoms with Crippen molar-refractivity contribution in [2.45, 2.75) is 19.1 Å². The number of rotatable bonds is 2. The number of nitrogens with two attached hydrogens (primary N) is 1. The molecule has 3 nitrogen and oxygen atoms in total. The molecule has 2 atom stereocenters. The quantitative estimate of drug-likeness (QED) is 0.741. The molecular weight excluding hydrogens is 234 g/mol. The second-order valence-electron chi connectivity index (χ2n) is 3.01. The first-order valence-corrected chi connectivity index (χ1v) is 4.73. The number of hydrogen-bond acceptors (Lipinski definition) is 3. The fourth-order valence-electron chi connectivity index (χ4n) is 1.01. The number of hydrogen-bond donors (Lipinski definition) is 3. The van der Waals surface area contributed by atoms with Gasteiger partial charge >= 0.3 is 0 Å². The first kappa shape index (κ1) is 10.5. The Morgan fingerprint density at radius 3 is 2.54 bits per heavy atom. The van der Waals surface area contributed by atoms with Crippen molar-refractivity contribution in [1.29, 1.82) is 0 Å². The Bertz CT molecular complexity index is 302. The molecule has 0 aliphatic heterocycles. The van der Waals surface area contributed by atoms with E-state index in [2.05, 4.69) is 15.9 Å². The maximum Gasteiger partial charge on any atom is 0.129 e. The van der Waals surface area contributed by atoms with Crippen LogP contribution in [0.25, 0.3) is 0 Å². The molecule has 0 aliphatic rings. The van der Waals surface area contributed by atoms with Crippen LogP contribution in [0.15, 0.2) is 22.7 Å². The predicted molar refractivity (Wildman–Crippen MR) is 54.4 cm³/mol. The highest BCUT2D eigenvalue weighted by molar-refractivity contribution is 9.10. The third-order valence-electron chi connectivity index (χ3n) is 1.81. The van der Waals surface area contributed by atoms with E-state index in [1.807, 2.05) is 0 Å². The first-order chi connectivity index (χ1) is 6.02. The third-order valence-corrected chi connectivity index (χ3v) is 2.45. The van der Waals surface area contributed by atoms with Gasteiger partial charge in [0, 0.05) is 6.04 Å². The van der Waals surface area contributed by atoms with Crippen molar-refractivity contribution < 1.29 is 10.2 Å². The Labute approximate surface area is 85.3 Å². The van der Waals surface area contributed by atoms with Gasteiger partial charge < -0.3 is 15.9 Å². The topological polar surface area (TPSA) is 66.5 Å². The number of aliphatic hydroxyl groups is 1. The van der Waals surface area contributed by atoms with Crippen molar-refractivity contribution in [1.82, 2.24) is 0 Å². The van der Waals surface area contributed by atoms with Crippen molar-refractivity contribution >= 4 is 15.9 Å². The van der Waals surface area contributed by atoms with E-state index in [4.69, 9.17) is 5.73 Å². The molecule has 0 saturated heterocycles. The smallest absolute Gasteiger partial charge is 0.129 e. The highest BCUT2D eigenvalue weighted by Gasteiger charge is 2.13. The molecule has 0 aliphatic carbocycles. The molecule has 2 unspecified atom stereocenters. The molecule has 0 heterocycles. The molecule has 1 aromatic rings. The van der Waals surface area contributed by atoms with Crippen LogP contribution in [0.2, 0.25) is 0 Å². The van der Waals surface area contributed by atoms with Gasteiger partial charge in [0.25, 0.3) is 0 Å². The fourth-order valence-corrected chi connectivity index (χ4v) is 1.41. The van der Waals surface area contributed by atoms with Crippen LogP contribution >= 0.6 is 15.9 Å². The second-order valence-corrected chi connectivity index (χ2v) is 3.87. The van der Waals surface area contributed by atoms with Crippen molar-refractivity contribution in [2.24, 2.45) is 5.73 Å². The lowest BCUT2D eigenvalue weighted by atomic mass is 10.0. The van der Waals surface area contributed by atoms with Crippen molar-refractivity contribution in [3.05, 3.63) is 28.2 Å². The van der Waals surface area contributed by atoms with Gasteiger partial charge in [-0.1, -0.05) is 6.07 Å². The zero-order valence-corrected chi connectivity index (χ0v) is 8.82. The van der Waals surface area contributed by atoms with Gasteiger partial charge in [0.2, 0.25) is 0 Å². The highest BCUT2D eigenvalue weighted by Crippen LogP contribution is 2.27. The molecule has 4 N–H and O–H groups in total. The zero-order chi connectivity index (χ0) is 10.0. The summed E-state index contributed by atoms with van der Waals surface area (Å²) in [5.41, 5.74) is 6.22. The molecule has 13 heavy (non-hydrogen) atoms. The number of aliphatic hydroxyl groups excluding tert-OH is 1. The molecule has 72 valence electrons. The summed E-state index contributed by atoms with van der Waals surface area (Å²) in [6, 6.07) is 4.50. The van der Waals surface area contributed by atoms with E-state index in [-0.39, 0.29) is 11.8 Å². The number of benzene rings is 1. The van der Waals surface area contributed by atoms with Crippen LogP contribution in [0.1, 0.15) is 18.6 Å². The minimum absolute atomic E-state index is 0.153. The summed E-state index contributed by atoms with van der Waals surface area (Å²) in [5, 5.41) is 18.8. The number of phenolic OH excluding ortho intramolecular Hbond substituents is 1. The first-order valence-electron chi connectivity index (χ1n) is 3.94. The molecule has 1 rings (SSSR count). The van der Waals surface area contributed by atoms with E-state index < -0.39 is 6.10 Å². The molecule has 0 fully saturated rings. The number of phenols is 1. The van der Waals surface area contributed by atoms with Crippen LogP contribution in [0.5, 0.6) is 5.75 Å². The van der Waals surface area contributed by atoms with Crippen LogP contribution in [-0.4, -0.2) is 16.3 Å². The van der Waals surface area contributed by atoms with Gasteiger partial charge in [-0.15, -0.1) is 0 Å². The molecular formula is C9H12BrNO2. The Morgan fingerprint density at radius 1 is 1.46 bits per heavy atom. The van der Waals surface area contributed by atoms with Crippen molar-refractivity contribution in [3.63, 3.8) is 0 Å². The maximum absolute atomic E-state index is 9.59.